The minimum Gasteiger partial charge on any atom is -0.398 e. The molecule has 3 heterocycles. The van der Waals surface area contributed by atoms with Crippen LogP contribution in [0.5, 0.6) is 0 Å². The molecule has 8 heteroatoms. The Morgan fingerprint density at radius 3 is 2.25 bits per heavy atom. The van der Waals surface area contributed by atoms with Crippen molar-refractivity contribution in [2.24, 2.45) is 4.99 Å². The number of anilines is 2. The van der Waals surface area contributed by atoms with Crippen molar-refractivity contribution in [3.8, 4) is 0 Å². The van der Waals surface area contributed by atoms with Gasteiger partial charge in [-0.05, 0) is 62.1 Å². The van der Waals surface area contributed by atoms with E-state index in [0.29, 0.717) is 59.8 Å². The Bertz CT molecular complexity index is 1310. The van der Waals surface area contributed by atoms with E-state index in [1.165, 1.54) is 44.9 Å². The van der Waals surface area contributed by atoms with Crippen molar-refractivity contribution in [2.45, 2.75) is 82.0 Å². The van der Waals surface area contributed by atoms with Gasteiger partial charge in [-0.1, -0.05) is 63.0 Å². The summed E-state index contributed by atoms with van der Waals surface area (Å²) in [6, 6.07) is 15.4. The van der Waals surface area contributed by atoms with Crippen molar-refractivity contribution in [1.29, 1.82) is 5.41 Å². The van der Waals surface area contributed by atoms with Gasteiger partial charge in [0.2, 0.25) is 0 Å². The number of allylic oxidation sites excluding steroid dienone is 3. The molecule has 1 saturated carbocycles. The maximum atomic E-state index is 12.6. The summed E-state index contributed by atoms with van der Waals surface area (Å²) in [7, 11) is 0. The van der Waals surface area contributed by atoms with E-state index >= 15 is 0 Å². The number of carbonyl (C=O) groups excluding carboxylic acids is 1. The van der Waals surface area contributed by atoms with Crippen molar-refractivity contribution in [1.82, 2.24) is 10.2 Å². The molecular formula is C36H48N6O2. The average Bonchev–Trinajstić information content (AvgIpc) is 3.67. The second-order valence-corrected chi connectivity index (χ2v) is 12.3. The summed E-state index contributed by atoms with van der Waals surface area (Å²) in [5.41, 5.74) is 9.80. The Morgan fingerprint density at radius 2 is 1.64 bits per heavy atom. The van der Waals surface area contributed by atoms with Crippen LogP contribution in [0.2, 0.25) is 0 Å². The molecule has 4 aliphatic rings. The van der Waals surface area contributed by atoms with E-state index in [4.69, 9.17) is 15.9 Å². The van der Waals surface area contributed by atoms with Gasteiger partial charge in [0, 0.05) is 59.0 Å². The minimum atomic E-state index is -0.217. The monoisotopic (exact) mass is 596 g/mol. The van der Waals surface area contributed by atoms with E-state index in [2.05, 4.69) is 27.1 Å². The molecule has 2 bridgehead atoms. The predicted molar refractivity (Wildman–Crippen MR) is 181 cm³/mol. The van der Waals surface area contributed by atoms with E-state index < -0.39 is 0 Å². The first kappa shape index (κ1) is 31.7. The predicted octanol–water partition coefficient (Wildman–Crippen LogP) is 5.98. The van der Waals surface area contributed by atoms with Gasteiger partial charge in [-0.3, -0.25) is 20.1 Å². The molecule has 1 amide bonds. The van der Waals surface area contributed by atoms with E-state index in [1.807, 2.05) is 24.3 Å². The number of hydrogen-bond donors (Lipinski definition) is 4. The highest BCUT2D eigenvalue weighted by Gasteiger charge is 2.45. The fraction of sp³-hybridized carbons (Fsp3) is 0.472. The van der Waals surface area contributed by atoms with Crippen LogP contribution in [0, 0.1) is 5.41 Å². The molecule has 2 atom stereocenters. The van der Waals surface area contributed by atoms with Crippen LogP contribution in [0.25, 0.3) is 0 Å². The smallest absolute Gasteiger partial charge is 0.251 e. The largest absolute Gasteiger partial charge is 0.398 e. The summed E-state index contributed by atoms with van der Waals surface area (Å²) < 4.78 is 5.45. The lowest BCUT2D eigenvalue weighted by Crippen LogP contribution is -2.58. The molecule has 2 unspecified atom stereocenters. The topological polar surface area (TPSA) is 116 Å². The quantitative estimate of drug-likeness (QED) is 0.110. The Kier molecular flexibility index (Phi) is 11.4. The van der Waals surface area contributed by atoms with Crippen molar-refractivity contribution < 1.29 is 9.53 Å². The maximum absolute atomic E-state index is 12.6. The second kappa shape index (κ2) is 15.8. The third kappa shape index (κ3) is 8.24. The summed E-state index contributed by atoms with van der Waals surface area (Å²) in [5.74, 6) is -0.217. The SMILES string of the molecule is C1CCCC1.C=C/C=C\C=NCCNC(=O)c1ccc(N)c(C(=N)c2ccc(NC3CC4CCC(C3)N4C3COC3)cc2)c1. The first-order chi connectivity index (χ1) is 21.5. The Morgan fingerprint density at radius 1 is 0.977 bits per heavy atom. The first-order valence-corrected chi connectivity index (χ1v) is 16.3. The van der Waals surface area contributed by atoms with Crippen LogP contribution < -0.4 is 16.4 Å². The highest BCUT2D eigenvalue weighted by atomic mass is 16.5. The van der Waals surface area contributed by atoms with Crippen molar-refractivity contribution in [3.63, 3.8) is 0 Å². The number of nitrogens with zero attached hydrogens (tertiary/aromatic N) is 2. The number of ether oxygens (including phenoxy) is 1. The number of amides is 1. The second-order valence-electron chi connectivity index (χ2n) is 12.3. The number of nitrogens with one attached hydrogen (secondary N) is 3. The van der Waals surface area contributed by atoms with Gasteiger partial charge < -0.3 is 21.1 Å². The third-order valence-electron chi connectivity index (χ3n) is 9.18. The number of nitrogen functional groups attached to an aromatic ring is 1. The summed E-state index contributed by atoms with van der Waals surface area (Å²) in [4.78, 5) is 19.6. The summed E-state index contributed by atoms with van der Waals surface area (Å²) >= 11 is 0. The molecule has 6 rings (SSSR count). The van der Waals surface area contributed by atoms with E-state index in [1.54, 1.807) is 42.6 Å². The average molecular weight is 597 g/mol. The zero-order valence-electron chi connectivity index (χ0n) is 25.8. The van der Waals surface area contributed by atoms with Gasteiger partial charge >= 0.3 is 0 Å². The van der Waals surface area contributed by atoms with E-state index in [0.717, 1.165) is 37.3 Å². The number of benzene rings is 2. The van der Waals surface area contributed by atoms with Crippen LogP contribution in [0.1, 0.15) is 79.3 Å². The van der Waals surface area contributed by atoms with Crippen molar-refractivity contribution >= 4 is 29.2 Å². The Balaban J connectivity index is 0.000000698. The molecule has 0 aromatic heterocycles. The number of piperidine rings is 1. The highest BCUT2D eigenvalue weighted by Crippen LogP contribution is 2.39. The van der Waals surface area contributed by atoms with Gasteiger partial charge in [0.1, 0.15) is 0 Å². The van der Waals surface area contributed by atoms with Crippen LogP contribution >= 0.6 is 0 Å². The van der Waals surface area contributed by atoms with Crippen molar-refractivity contribution in [3.05, 3.63) is 84.0 Å². The molecule has 1 aliphatic carbocycles. The maximum Gasteiger partial charge on any atom is 0.251 e. The molecule has 3 aliphatic heterocycles. The number of carbonyl (C=O) groups is 1. The van der Waals surface area contributed by atoms with Crippen LogP contribution in [-0.2, 0) is 4.74 Å². The molecule has 0 radical (unpaired) electrons. The lowest BCUT2D eigenvalue weighted by Gasteiger charge is -2.46. The molecule has 234 valence electrons. The van der Waals surface area contributed by atoms with Gasteiger partial charge in [-0.25, -0.2) is 0 Å². The zero-order chi connectivity index (χ0) is 30.7. The van der Waals surface area contributed by atoms with Crippen LogP contribution in [0.15, 0.2) is 72.3 Å². The lowest BCUT2D eigenvalue weighted by atomic mass is 9.94. The first-order valence-electron chi connectivity index (χ1n) is 16.3. The summed E-state index contributed by atoms with van der Waals surface area (Å²) in [6.07, 6.45) is 19.3. The normalized spacial score (nSPS) is 23.2. The molecule has 2 aromatic rings. The third-order valence-corrected chi connectivity index (χ3v) is 9.18. The Hall–Kier alpha value is -3.75. The van der Waals surface area contributed by atoms with E-state index in [-0.39, 0.29) is 5.91 Å². The molecule has 3 saturated heterocycles. The molecule has 44 heavy (non-hydrogen) atoms. The summed E-state index contributed by atoms with van der Waals surface area (Å²) in [6.45, 7) is 6.27. The number of aliphatic imine (C=N–C) groups is 1. The number of hydrogen-bond acceptors (Lipinski definition) is 7. The van der Waals surface area contributed by atoms with Gasteiger partial charge in [0.05, 0.1) is 31.5 Å². The summed E-state index contributed by atoms with van der Waals surface area (Å²) in [5, 5.41) is 15.4. The van der Waals surface area contributed by atoms with Gasteiger partial charge in [0.15, 0.2) is 0 Å². The fourth-order valence-electron chi connectivity index (χ4n) is 6.84. The Labute approximate surface area is 262 Å². The van der Waals surface area contributed by atoms with Crippen molar-refractivity contribution in [2.75, 3.05) is 37.4 Å². The molecule has 8 nitrogen and oxygen atoms in total. The minimum absolute atomic E-state index is 0.217. The lowest BCUT2D eigenvalue weighted by molar-refractivity contribution is -0.0917. The fourth-order valence-corrected chi connectivity index (χ4v) is 6.84. The van der Waals surface area contributed by atoms with Crippen LogP contribution in [0.4, 0.5) is 11.4 Å². The van der Waals surface area contributed by atoms with Crippen LogP contribution in [0.3, 0.4) is 0 Å². The van der Waals surface area contributed by atoms with Gasteiger partial charge in [-0.15, -0.1) is 0 Å². The number of rotatable bonds is 11. The molecule has 0 spiro atoms. The molecular weight excluding hydrogens is 548 g/mol. The standard InChI is InChI=1S/C31H38N6O2.C5H10/c1-2-3-4-13-34-14-15-35-31(38)22-7-12-29(32)28(16-22)30(33)21-5-8-23(9-6-21)36-24-17-25-10-11-26(18-24)37(25)27-19-39-20-27;1-2-4-5-3-1/h2-9,12-13,16,24-27,33,36H,1,10-11,14-15,17-20,32H2,(H,35,38);1-5H2/b4-3-,33-30?,34-13?;. The van der Waals surface area contributed by atoms with Crippen LogP contribution in [-0.4, -0.2) is 73.2 Å². The molecule has 5 N–H and O–H groups in total. The number of nitrogens with two attached hydrogens (primary N) is 1. The number of fused-ring (bicyclic) bond motifs is 2. The van der Waals surface area contributed by atoms with Gasteiger partial charge in [-0.2, -0.15) is 0 Å². The zero-order valence-corrected chi connectivity index (χ0v) is 25.8. The highest BCUT2D eigenvalue weighted by molar-refractivity contribution is 6.15. The van der Waals surface area contributed by atoms with E-state index in [9.17, 15) is 4.79 Å². The molecule has 4 fully saturated rings. The van der Waals surface area contributed by atoms with Gasteiger partial charge in [0.25, 0.3) is 5.91 Å². The molecule has 2 aromatic carbocycles.